The molecule has 0 aliphatic carbocycles. The van der Waals surface area contributed by atoms with Crippen LogP contribution >= 0.6 is 38.9 Å². The third kappa shape index (κ3) is 3.27. The lowest BCUT2D eigenvalue weighted by atomic mass is 10.1. The minimum absolute atomic E-state index is 0.0378. The van der Waals surface area contributed by atoms with Crippen LogP contribution in [-0.4, -0.2) is 9.55 Å². The Bertz CT molecular complexity index is 1120. The van der Waals surface area contributed by atoms with E-state index in [1.807, 2.05) is 53.9 Å². The van der Waals surface area contributed by atoms with Gasteiger partial charge in [0.15, 0.2) is 0 Å². The lowest BCUT2D eigenvalue weighted by Crippen LogP contribution is -2.20. The van der Waals surface area contributed by atoms with E-state index in [-0.39, 0.29) is 5.56 Å². The molecule has 0 saturated heterocycles. The van der Waals surface area contributed by atoms with Crippen molar-refractivity contribution < 1.29 is 0 Å². The standard InChI is InChI=1S/C19H12BrClN2OS/c20-14-6-4-13(5-7-14)16-10-25-18-17(16)19(24)23(11-22-18)9-12-2-1-3-15(21)8-12/h1-8,10-11H,9H2. The van der Waals surface area contributed by atoms with Gasteiger partial charge in [-0.25, -0.2) is 4.98 Å². The van der Waals surface area contributed by atoms with E-state index in [2.05, 4.69) is 20.9 Å². The van der Waals surface area contributed by atoms with Crippen LogP contribution in [0.25, 0.3) is 21.3 Å². The van der Waals surface area contributed by atoms with Crippen LogP contribution in [0.5, 0.6) is 0 Å². The maximum absolute atomic E-state index is 13.0. The summed E-state index contributed by atoms with van der Waals surface area (Å²) in [5.74, 6) is 0. The molecule has 2 aromatic heterocycles. The lowest BCUT2D eigenvalue weighted by molar-refractivity contribution is 0.749. The largest absolute Gasteiger partial charge is 0.294 e. The van der Waals surface area contributed by atoms with Crippen molar-refractivity contribution in [1.29, 1.82) is 0 Å². The van der Waals surface area contributed by atoms with Crippen molar-refractivity contribution >= 4 is 49.1 Å². The van der Waals surface area contributed by atoms with Gasteiger partial charge in [0, 0.05) is 20.4 Å². The maximum Gasteiger partial charge on any atom is 0.263 e. The summed E-state index contributed by atoms with van der Waals surface area (Å²) in [7, 11) is 0. The summed E-state index contributed by atoms with van der Waals surface area (Å²) >= 11 is 11.0. The Morgan fingerprint density at radius 2 is 1.96 bits per heavy atom. The van der Waals surface area contributed by atoms with Gasteiger partial charge in [0.25, 0.3) is 5.56 Å². The highest BCUT2D eigenvalue weighted by molar-refractivity contribution is 9.10. The molecule has 0 spiro atoms. The fourth-order valence-electron chi connectivity index (χ4n) is 2.75. The molecule has 0 saturated carbocycles. The van der Waals surface area contributed by atoms with Gasteiger partial charge in [0.1, 0.15) is 4.83 Å². The Kier molecular flexibility index (Phi) is 4.46. The van der Waals surface area contributed by atoms with Crippen LogP contribution in [0, 0.1) is 0 Å². The van der Waals surface area contributed by atoms with Crippen molar-refractivity contribution in [2.45, 2.75) is 6.54 Å². The van der Waals surface area contributed by atoms with Gasteiger partial charge >= 0.3 is 0 Å². The zero-order chi connectivity index (χ0) is 17.4. The number of nitrogens with zero attached hydrogens (tertiary/aromatic N) is 2. The lowest BCUT2D eigenvalue weighted by Gasteiger charge is -2.07. The molecule has 0 unspecified atom stereocenters. The van der Waals surface area contributed by atoms with E-state index in [1.165, 1.54) is 11.3 Å². The van der Waals surface area contributed by atoms with E-state index in [1.54, 1.807) is 10.9 Å². The summed E-state index contributed by atoms with van der Waals surface area (Å²) in [6.45, 7) is 0.442. The molecule has 0 aliphatic heterocycles. The van der Waals surface area contributed by atoms with Gasteiger partial charge < -0.3 is 0 Å². The molecule has 3 nitrogen and oxygen atoms in total. The molecule has 0 bridgehead atoms. The zero-order valence-electron chi connectivity index (χ0n) is 12.9. The molecule has 0 N–H and O–H groups in total. The Morgan fingerprint density at radius 3 is 2.72 bits per heavy atom. The second kappa shape index (κ2) is 6.75. The SMILES string of the molecule is O=c1c2c(-c3ccc(Br)cc3)csc2ncn1Cc1cccc(Cl)c1. The van der Waals surface area contributed by atoms with E-state index < -0.39 is 0 Å². The third-order valence-electron chi connectivity index (χ3n) is 3.96. The van der Waals surface area contributed by atoms with Crippen LogP contribution in [0.4, 0.5) is 0 Å². The molecule has 2 aromatic carbocycles. The van der Waals surface area contributed by atoms with E-state index in [0.717, 1.165) is 26.0 Å². The summed E-state index contributed by atoms with van der Waals surface area (Å²) in [4.78, 5) is 18.2. The van der Waals surface area contributed by atoms with Crippen LogP contribution in [0.3, 0.4) is 0 Å². The maximum atomic E-state index is 13.0. The first kappa shape index (κ1) is 16.5. The Hall–Kier alpha value is -1.95. The predicted octanol–water partition coefficient (Wildman–Crippen LogP) is 5.59. The van der Waals surface area contributed by atoms with Gasteiger partial charge in [-0.05, 0) is 35.4 Å². The van der Waals surface area contributed by atoms with Crippen LogP contribution in [0.15, 0.2) is 69.5 Å². The molecule has 25 heavy (non-hydrogen) atoms. The Labute approximate surface area is 161 Å². The van der Waals surface area contributed by atoms with E-state index in [4.69, 9.17) is 11.6 Å². The van der Waals surface area contributed by atoms with Gasteiger partial charge in [0.05, 0.1) is 18.3 Å². The molecule has 0 amide bonds. The number of aromatic nitrogens is 2. The molecule has 0 radical (unpaired) electrons. The van der Waals surface area contributed by atoms with Gasteiger partial charge in [-0.2, -0.15) is 0 Å². The minimum atomic E-state index is -0.0378. The second-order valence-corrected chi connectivity index (χ2v) is 7.85. The zero-order valence-corrected chi connectivity index (χ0v) is 16.1. The highest BCUT2D eigenvalue weighted by Crippen LogP contribution is 2.31. The van der Waals surface area contributed by atoms with Crippen molar-refractivity contribution in [3.05, 3.63) is 85.7 Å². The Balaban J connectivity index is 1.83. The summed E-state index contributed by atoms with van der Waals surface area (Å²) in [5.41, 5.74) is 2.86. The van der Waals surface area contributed by atoms with Gasteiger partial charge in [0.2, 0.25) is 0 Å². The van der Waals surface area contributed by atoms with E-state index in [0.29, 0.717) is 17.0 Å². The molecule has 0 aliphatic rings. The minimum Gasteiger partial charge on any atom is -0.294 e. The van der Waals surface area contributed by atoms with Crippen molar-refractivity contribution in [2.75, 3.05) is 0 Å². The van der Waals surface area contributed by atoms with E-state index in [9.17, 15) is 4.79 Å². The highest BCUT2D eigenvalue weighted by atomic mass is 79.9. The average Bonchev–Trinajstić information content (AvgIpc) is 3.03. The van der Waals surface area contributed by atoms with E-state index >= 15 is 0 Å². The number of rotatable bonds is 3. The molecule has 2 heterocycles. The van der Waals surface area contributed by atoms with Crippen LogP contribution in [0.2, 0.25) is 5.02 Å². The number of fused-ring (bicyclic) bond motifs is 1. The first-order valence-electron chi connectivity index (χ1n) is 7.59. The molecule has 4 rings (SSSR count). The molecule has 0 atom stereocenters. The second-order valence-electron chi connectivity index (χ2n) is 5.64. The molecule has 6 heteroatoms. The summed E-state index contributed by atoms with van der Waals surface area (Å²) < 4.78 is 2.63. The number of thiophene rings is 1. The van der Waals surface area contributed by atoms with Gasteiger partial charge in [-0.15, -0.1) is 11.3 Å². The molecule has 124 valence electrons. The number of halogens is 2. The van der Waals surface area contributed by atoms with Crippen LogP contribution in [0.1, 0.15) is 5.56 Å². The summed E-state index contributed by atoms with van der Waals surface area (Å²) in [6.07, 6.45) is 1.60. The quantitative estimate of drug-likeness (QED) is 0.424. The smallest absolute Gasteiger partial charge is 0.263 e. The van der Waals surface area contributed by atoms with Gasteiger partial charge in [-0.1, -0.05) is 51.8 Å². The average molecular weight is 432 g/mol. The first-order chi connectivity index (χ1) is 12.1. The van der Waals surface area contributed by atoms with Crippen LogP contribution < -0.4 is 5.56 Å². The molecular formula is C19H12BrClN2OS. The predicted molar refractivity (Wildman–Crippen MR) is 108 cm³/mol. The van der Waals surface area contributed by atoms with Crippen molar-refractivity contribution in [3.63, 3.8) is 0 Å². The van der Waals surface area contributed by atoms with Crippen molar-refractivity contribution in [1.82, 2.24) is 9.55 Å². The van der Waals surface area contributed by atoms with Gasteiger partial charge in [-0.3, -0.25) is 9.36 Å². The number of benzene rings is 2. The third-order valence-corrected chi connectivity index (χ3v) is 5.61. The molecular weight excluding hydrogens is 420 g/mol. The van der Waals surface area contributed by atoms with Crippen LogP contribution in [-0.2, 0) is 6.54 Å². The summed E-state index contributed by atoms with van der Waals surface area (Å²) in [6, 6.07) is 15.5. The number of hydrogen-bond donors (Lipinski definition) is 0. The normalized spacial score (nSPS) is 11.1. The fourth-order valence-corrected chi connectivity index (χ4v) is 4.14. The fraction of sp³-hybridized carbons (Fsp3) is 0.0526. The number of hydrogen-bond acceptors (Lipinski definition) is 3. The topological polar surface area (TPSA) is 34.9 Å². The Morgan fingerprint density at radius 1 is 1.16 bits per heavy atom. The molecule has 0 fully saturated rings. The monoisotopic (exact) mass is 430 g/mol. The first-order valence-corrected chi connectivity index (χ1v) is 9.64. The summed E-state index contributed by atoms with van der Waals surface area (Å²) in [5, 5.41) is 3.31. The highest BCUT2D eigenvalue weighted by Gasteiger charge is 2.13. The molecule has 4 aromatic rings. The van der Waals surface area contributed by atoms with Crippen molar-refractivity contribution in [3.8, 4) is 11.1 Å². The van der Waals surface area contributed by atoms with Crippen molar-refractivity contribution in [2.24, 2.45) is 0 Å².